The molecule has 6 heteroatoms. The Labute approximate surface area is 180 Å². The second-order valence-corrected chi connectivity index (χ2v) is 8.16. The molecule has 5 nitrogen and oxygen atoms in total. The van der Waals surface area contributed by atoms with Gasteiger partial charge >= 0.3 is 0 Å². The summed E-state index contributed by atoms with van der Waals surface area (Å²) < 4.78 is 5.52. The fourth-order valence-corrected chi connectivity index (χ4v) is 4.69. The smallest absolute Gasteiger partial charge is 0.191 e. The minimum Gasteiger partial charge on any atom is -0.495 e. The minimum atomic E-state index is 0. The fourth-order valence-electron chi connectivity index (χ4n) is 4.69. The van der Waals surface area contributed by atoms with Crippen molar-refractivity contribution in [3.05, 3.63) is 24.3 Å². The molecule has 1 atom stereocenters. The Morgan fingerprint density at radius 2 is 2.04 bits per heavy atom. The number of guanidine groups is 1. The van der Waals surface area contributed by atoms with E-state index in [0.717, 1.165) is 43.7 Å². The van der Waals surface area contributed by atoms with Crippen molar-refractivity contribution in [3.63, 3.8) is 0 Å². The van der Waals surface area contributed by atoms with Gasteiger partial charge in [-0.2, -0.15) is 0 Å². The molecule has 3 fully saturated rings. The standard InChI is InChI=1S/C21H32N4O.HI/c1-22-20(23-15-21(11-5-12-21)16-8-9-16)24-17-10-13-25(14-17)18-6-3-4-7-19(18)26-2;/h3-4,6-7,16-17H,5,8-15H2,1-2H3,(H2,22,23,24);1H. The van der Waals surface area contributed by atoms with Crippen LogP contribution in [-0.2, 0) is 0 Å². The van der Waals surface area contributed by atoms with E-state index in [1.165, 1.54) is 37.8 Å². The molecule has 2 saturated carbocycles. The summed E-state index contributed by atoms with van der Waals surface area (Å²) in [5, 5.41) is 7.27. The highest BCUT2D eigenvalue weighted by Gasteiger charge is 2.48. The Kier molecular flexibility index (Phi) is 6.76. The second-order valence-electron chi connectivity index (χ2n) is 8.16. The maximum absolute atomic E-state index is 5.52. The zero-order chi connectivity index (χ0) is 18.0. The number of rotatable bonds is 6. The summed E-state index contributed by atoms with van der Waals surface area (Å²) in [6.07, 6.45) is 8.18. The van der Waals surface area contributed by atoms with E-state index in [1.54, 1.807) is 7.11 Å². The van der Waals surface area contributed by atoms with Crippen LogP contribution in [-0.4, -0.2) is 45.8 Å². The average molecular weight is 484 g/mol. The molecule has 1 heterocycles. The third-order valence-electron chi connectivity index (χ3n) is 6.58. The second kappa shape index (κ2) is 8.88. The molecule has 0 radical (unpaired) electrons. The van der Waals surface area contributed by atoms with Crippen LogP contribution in [0.2, 0.25) is 0 Å². The lowest BCUT2D eigenvalue weighted by molar-refractivity contribution is 0.106. The number of hydrogen-bond acceptors (Lipinski definition) is 3. The minimum absolute atomic E-state index is 0. The Balaban J connectivity index is 0.00000210. The van der Waals surface area contributed by atoms with E-state index in [4.69, 9.17) is 4.74 Å². The molecule has 2 N–H and O–H groups in total. The number of halogens is 1. The summed E-state index contributed by atoms with van der Waals surface area (Å²) in [5.74, 6) is 2.88. The number of para-hydroxylation sites is 2. The number of anilines is 1. The number of ether oxygens (including phenoxy) is 1. The van der Waals surface area contributed by atoms with E-state index < -0.39 is 0 Å². The van der Waals surface area contributed by atoms with Gasteiger partial charge in [0.25, 0.3) is 0 Å². The van der Waals surface area contributed by atoms with Crippen molar-refractivity contribution in [3.8, 4) is 5.75 Å². The van der Waals surface area contributed by atoms with Gasteiger partial charge in [-0.05, 0) is 55.6 Å². The summed E-state index contributed by atoms with van der Waals surface area (Å²) in [7, 11) is 3.62. The molecule has 1 aliphatic heterocycles. The molecule has 1 unspecified atom stereocenters. The lowest BCUT2D eigenvalue weighted by atomic mass is 9.65. The number of hydrogen-bond donors (Lipinski definition) is 2. The lowest BCUT2D eigenvalue weighted by Gasteiger charge is -2.43. The van der Waals surface area contributed by atoms with Gasteiger partial charge in [-0.25, -0.2) is 0 Å². The van der Waals surface area contributed by atoms with Crippen molar-refractivity contribution in [1.29, 1.82) is 0 Å². The van der Waals surface area contributed by atoms with Crippen molar-refractivity contribution in [1.82, 2.24) is 10.6 Å². The van der Waals surface area contributed by atoms with Gasteiger partial charge in [0.15, 0.2) is 5.96 Å². The Hall–Kier alpha value is -1.18. The number of benzene rings is 1. The van der Waals surface area contributed by atoms with Crippen molar-refractivity contribution in [2.45, 2.75) is 44.6 Å². The van der Waals surface area contributed by atoms with Crippen LogP contribution in [0.15, 0.2) is 29.3 Å². The van der Waals surface area contributed by atoms with Gasteiger partial charge in [0, 0.05) is 32.7 Å². The molecule has 150 valence electrons. The molecular weight excluding hydrogens is 451 g/mol. The van der Waals surface area contributed by atoms with E-state index in [2.05, 4.69) is 32.7 Å². The summed E-state index contributed by atoms with van der Waals surface area (Å²) in [4.78, 5) is 6.88. The van der Waals surface area contributed by atoms with E-state index in [1.807, 2.05) is 19.2 Å². The van der Waals surface area contributed by atoms with E-state index in [-0.39, 0.29) is 24.0 Å². The molecule has 27 heavy (non-hydrogen) atoms. The van der Waals surface area contributed by atoms with Gasteiger partial charge in [-0.15, -0.1) is 24.0 Å². The van der Waals surface area contributed by atoms with Crippen molar-refractivity contribution >= 4 is 35.6 Å². The predicted molar refractivity (Wildman–Crippen MR) is 123 cm³/mol. The lowest BCUT2D eigenvalue weighted by Crippen LogP contribution is -2.50. The van der Waals surface area contributed by atoms with Crippen LogP contribution in [0, 0.1) is 11.3 Å². The van der Waals surface area contributed by atoms with Crippen LogP contribution in [0.5, 0.6) is 5.75 Å². The van der Waals surface area contributed by atoms with Crippen LogP contribution >= 0.6 is 24.0 Å². The zero-order valence-electron chi connectivity index (χ0n) is 16.5. The Morgan fingerprint density at radius 1 is 1.26 bits per heavy atom. The summed E-state index contributed by atoms with van der Waals surface area (Å²) in [6, 6.07) is 8.70. The molecule has 0 spiro atoms. The average Bonchev–Trinajstić information content (AvgIpc) is 3.38. The molecular formula is C21H33IN4O. The molecule has 0 aromatic heterocycles. The molecule has 2 aliphatic carbocycles. The van der Waals surface area contributed by atoms with Gasteiger partial charge in [0.1, 0.15) is 5.75 Å². The third kappa shape index (κ3) is 4.46. The zero-order valence-corrected chi connectivity index (χ0v) is 18.9. The van der Waals surface area contributed by atoms with Gasteiger partial charge in [-0.1, -0.05) is 18.6 Å². The number of aliphatic imine (C=N–C) groups is 1. The van der Waals surface area contributed by atoms with E-state index in [0.29, 0.717) is 11.5 Å². The molecule has 1 aromatic carbocycles. The van der Waals surface area contributed by atoms with Crippen LogP contribution < -0.4 is 20.3 Å². The van der Waals surface area contributed by atoms with Gasteiger partial charge in [0.2, 0.25) is 0 Å². The summed E-state index contributed by atoms with van der Waals surface area (Å²) in [5.41, 5.74) is 1.75. The number of nitrogens with one attached hydrogen (secondary N) is 2. The van der Waals surface area contributed by atoms with Crippen LogP contribution in [0.4, 0.5) is 5.69 Å². The molecule has 0 bridgehead atoms. The molecule has 1 aromatic rings. The molecule has 0 amide bonds. The first-order chi connectivity index (χ1) is 12.7. The van der Waals surface area contributed by atoms with Crippen LogP contribution in [0.25, 0.3) is 0 Å². The highest BCUT2D eigenvalue weighted by molar-refractivity contribution is 14.0. The first-order valence-electron chi connectivity index (χ1n) is 10.1. The van der Waals surface area contributed by atoms with Crippen molar-refractivity contribution < 1.29 is 4.74 Å². The molecule has 3 aliphatic rings. The first kappa shape index (κ1) is 20.6. The molecule has 1 saturated heterocycles. The topological polar surface area (TPSA) is 48.9 Å². The Bertz CT molecular complexity index is 657. The highest BCUT2D eigenvalue weighted by atomic mass is 127. The largest absolute Gasteiger partial charge is 0.495 e. The summed E-state index contributed by atoms with van der Waals surface area (Å²) >= 11 is 0. The Morgan fingerprint density at radius 3 is 2.67 bits per heavy atom. The van der Waals surface area contributed by atoms with Crippen LogP contribution in [0.3, 0.4) is 0 Å². The highest BCUT2D eigenvalue weighted by Crippen LogP contribution is 2.56. The molecule has 4 rings (SSSR count). The summed E-state index contributed by atoms with van der Waals surface area (Å²) in [6.45, 7) is 3.11. The van der Waals surface area contributed by atoms with Gasteiger partial charge in [-0.3, -0.25) is 4.99 Å². The normalized spacial score (nSPS) is 24.0. The maximum atomic E-state index is 5.52. The van der Waals surface area contributed by atoms with Crippen molar-refractivity contribution in [2.75, 3.05) is 38.7 Å². The van der Waals surface area contributed by atoms with Gasteiger partial charge in [0.05, 0.1) is 12.8 Å². The first-order valence-corrected chi connectivity index (χ1v) is 10.1. The SMILES string of the molecule is CN=C(NCC1(C2CC2)CCC1)NC1CCN(c2ccccc2OC)C1.I. The number of nitrogens with zero attached hydrogens (tertiary/aromatic N) is 2. The van der Waals surface area contributed by atoms with E-state index in [9.17, 15) is 0 Å². The monoisotopic (exact) mass is 484 g/mol. The number of methoxy groups -OCH3 is 1. The maximum Gasteiger partial charge on any atom is 0.191 e. The third-order valence-corrected chi connectivity index (χ3v) is 6.58. The predicted octanol–water partition coefficient (Wildman–Crippen LogP) is 3.64. The van der Waals surface area contributed by atoms with E-state index >= 15 is 0 Å². The quantitative estimate of drug-likeness (QED) is 0.368. The van der Waals surface area contributed by atoms with Crippen molar-refractivity contribution in [2.24, 2.45) is 16.3 Å². The van der Waals surface area contributed by atoms with Crippen LogP contribution in [0.1, 0.15) is 38.5 Å². The van der Waals surface area contributed by atoms with Gasteiger partial charge < -0.3 is 20.3 Å². The fraction of sp³-hybridized carbons (Fsp3) is 0.667.